The molecule has 1 atom stereocenters. The van der Waals surface area contributed by atoms with Gasteiger partial charge in [0.2, 0.25) is 0 Å². The Morgan fingerprint density at radius 1 is 1.25 bits per heavy atom. The molecule has 0 radical (unpaired) electrons. The summed E-state index contributed by atoms with van der Waals surface area (Å²) in [7, 11) is 0. The minimum absolute atomic E-state index is 0.420. The lowest BCUT2D eigenvalue weighted by atomic mass is 10.0. The van der Waals surface area contributed by atoms with E-state index in [1.807, 2.05) is 12.1 Å². The molecule has 1 aromatic rings. The normalized spacial score (nSPS) is 12.8. The van der Waals surface area contributed by atoms with Crippen molar-refractivity contribution in [3.63, 3.8) is 0 Å². The van der Waals surface area contributed by atoms with Crippen LogP contribution in [0.5, 0.6) is 0 Å². The monoisotopic (exact) mass is 240 g/mol. The summed E-state index contributed by atoms with van der Waals surface area (Å²) in [5.41, 5.74) is 7.47. The Bertz CT molecular complexity index is 337. The Morgan fingerprint density at radius 3 is 2.56 bits per heavy atom. The molecular weight excluding hydrogens is 220 g/mol. The third-order valence-corrected chi connectivity index (χ3v) is 2.96. The molecule has 0 aromatic heterocycles. The summed E-state index contributed by atoms with van der Waals surface area (Å²) in [6.07, 6.45) is 2.36. The third-order valence-electron chi connectivity index (χ3n) is 2.63. The number of hydrogen-bond acceptors (Lipinski definition) is 2. The van der Waals surface area contributed by atoms with E-state index in [9.17, 15) is 0 Å². The van der Waals surface area contributed by atoms with E-state index >= 15 is 0 Å². The molecule has 1 unspecified atom stereocenters. The summed E-state index contributed by atoms with van der Waals surface area (Å²) in [6.45, 7) is 6.64. The molecule has 16 heavy (non-hydrogen) atoms. The summed E-state index contributed by atoms with van der Waals surface area (Å²) >= 11 is 5.96. The Morgan fingerprint density at radius 2 is 1.94 bits per heavy atom. The number of nitrogens with one attached hydrogen (secondary N) is 1. The maximum atomic E-state index is 5.96. The molecule has 0 fully saturated rings. The summed E-state index contributed by atoms with van der Waals surface area (Å²) in [6, 6.07) is 6.10. The van der Waals surface area contributed by atoms with E-state index in [-0.39, 0.29) is 0 Å². The van der Waals surface area contributed by atoms with Crippen molar-refractivity contribution in [2.24, 2.45) is 5.92 Å². The van der Waals surface area contributed by atoms with Crippen molar-refractivity contribution in [1.82, 2.24) is 0 Å². The standard InChI is InChI=1S/C13H21ClN2/c1-9(2)7-8-10(3)16-12-6-4-5-11(14)13(12)15/h4-6,9-10,16H,7-8,15H2,1-3H3. The van der Waals surface area contributed by atoms with Gasteiger partial charge >= 0.3 is 0 Å². The van der Waals surface area contributed by atoms with Crippen LogP contribution in [0.2, 0.25) is 5.02 Å². The fourth-order valence-electron chi connectivity index (χ4n) is 1.58. The summed E-state index contributed by atoms with van der Waals surface area (Å²) in [5.74, 6) is 0.737. The maximum Gasteiger partial charge on any atom is 0.0739 e. The van der Waals surface area contributed by atoms with Gasteiger partial charge in [-0.3, -0.25) is 0 Å². The maximum absolute atomic E-state index is 5.96. The molecule has 0 spiro atoms. The SMILES string of the molecule is CC(C)CCC(C)Nc1cccc(Cl)c1N. The lowest BCUT2D eigenvalue weighted by molar-refractivity contribution is 0.528. The molecule has 2 nitrogen and oxygen atoms in total. The average Bonchev–Trinajstić information content (AvgIpc) is 2.22. The number of para-hydroxylation sites is 1. The van der Waals surface area contributed by atoms with E-state index in [4.69, 9.17) is 17.3 Å². The van der Waals surface area contributed by atoms with Gasteiger partial charge in [0.25, 0.3) is 0 Å². The van der Waals surface area contributed by atoms with Gasteiger partial charge in [0.15, 0.2) is 0 Å². The number of halogens is 1. The molecule has 0 heterocycles. The predicted molar refractivity (Wildman–Crippen MR) is 73.0 cm³/mol. The largest absolute Gasteiger partial charge is 0.396 e. The van der Waals surface area contributed by atoms with Gasteiger partial charge in [-0.2, -0.15) is 0 Å². The third kappa shape index (κ3) is 3.93. The molecule has 0 aliphatic heterocycles. The first-order valence-corrected chi connectivity index (χ1v) is 6.19. The topological polar surface area (TPSA) is 38.0 Å². The van der Waals surface area contributed by atoms with Gasteiger partial charge in [0, 0.05) is 6.04 Å². The van der Waals surface area contributed by atoms with Crippen molar-refractivity contribution >= 4 is 23.0 Å². The minimum Gasteiger partial charge on any atom is -0.396 e. The highest BCUT2D eigenvalue weighted by Gasteiger charge is 2.07. The van der Waals surface area contributed by atoms with E-state index in [1.54, 1.807) is 6.07 Å². The minimum atomic E-state index is 0.420. The van der Waals surface area contributed by atoms with Crippen LogP contribution in [-0.4, -0.2) is 6.04 Å². The van der Waals surface area contributed by atoms with Crippen molar-refractivity contribution in [3.05, 3.63) is 23.2 Å². The quantitative estimate of drug-likeness (QED) is 0.759. The summed E-state index contributed by atoms with van der Waals surface area (Å²) in [4.78, 5) is 0. The molecule has 0 amide bonds. The first-order chi connectivity index (χ1) is 7.50. The highest BCUT2D eigenvalue weighted by atomic mass is 35.5. The average molecular weight is 241 g/mol. The Hall–Kier alpha value is -0.890. The molecular formula is C13H21ClN2. The van der Waals surface area contributed by atoms with E-state index < -0.39 is 0 Å². The van der Waals surface area contributed by atoms with Crippen LogP contribution in [0.4, 0.5) is 11.4 Å². The number of hydrogen-bond donors (Lipinski definition) is 2. The van der Waals surface area contributed by atoms with Crippen molar-refractivity contribution in [3.8, 4) is 0 Å². The van der Waals surface area contributed by atoms with E-state index in [2.05, 4.69) is 26.1 Å². The fourth-order valence-corrected chi connectivity index (χ4v) is 1.76. The highest BCUT2D eigenvalue weighted by molar-refractivity contribution is 6.33. The first-order valence-electron chi connectivity index (χ1n) is 5.81. The van der Waals surface area contributed by atoms with Gasteiger partial charge in [-0.05, 0) is 37.8 Å². The zero-order valence-corrected chi connectivity index (χ0v) is 11.0. The lowest BCUT2D eigenvalue weighted by Gasteiger charge is -2.18. The molecule has 0 aliphatic rings. The van der Waals surface area contributed by atoms with Crippen LogP contribution in [0, 0.1) is 5.92 Å². The van der Waals surface area contributed by atoms with Gasteiger partial charge in [0.1, 0.15) is 0 Å². The molecule has 0 aliphatic carbocycles. The van der Waals surface area contributed by atoms with Crippen molar-refractivity contribution in [1.29, 1.82) is 0 Å². The van der Waals surface area contributed by atoms with Crippen LogP contribution in [-0.2, 0) is 0 Å². The zero-order chi connectivity index (χ0) is 12.1. The molecule has 1 rings (SSSR count). The lowest BCUT2D eigenvalue weighted by Crippen LogP contribution is -2.16. The Balaban J connectivity index is 2.56. The molecule has 90 valence electrons. The van der Waals surface area contributed by atoms with Gasteiger partial charge in [-0.1, -0.05) is 31.5 Å². The van der Waals surface area contributed by atoms with Gasteiger partial charge < -0.3 is 11.1 Å². The van der Waals surface area contributed by atoms with Crippen LogP contribution in [0.3, 0.4) is 0 Å². The molecule has 0 bridgehead atoms. The van der Waals surface area contributed by atoms with Crippen LogP contribution in [0.15, 0.2) is 18.2 Å². The van der Waals surface area contributed by atoms with Gasteiger partial charge in [-0.15, -0.1) is 0 Å². The number of nitrogen functional groups attached to an aromatic ring is 1. The molecule has 0 saturated carbocycles. The summed E-state index contributed by atoms with van der Waals surface area (Å²) < 4.78 is 0. The van der Waals surface area contributed by atoms with E-state index in [1.165, 1.54) is 6.42 Å². The first kappa shape index (κ1) is 13.2. The fraction of sp³-hybridized carbons (Fsp3) is 0.538. The molecule has 3 heteroatoms. The van der Waals surface area contributed by atoms with Crippen molar-refractivity contribution in [2.75, 3.05) is 11.1 Å². The number of nitrogens with two attached hydrogens (primary N) is 1. The van der Waals surface area contributed by atoms with Crippen LogP contribution < -0.4 is 11.1 Å². The smallest absolute Gasteiger partial charge is 0.0739 e. The van der Waals surface area contributed by atoms with E-state index in [0.717, 1.165) is 18.0 Å². The van der Waals surface area contributed by atoms with Crippen molar-refractivity contribution in [2.45, 2.75) is 39.7 Å². The van der Waals surface area contributed by atoms with E-state index in [0.29, 0.717) is 16.8 Å². The number of rotatable bonds is 5. The molecule has 1 aromatic carbocycles. The van der Waals surface area contributed by atoms with Gasteiger partial charge in [-0.25, -0.2) is 0 Å². The van der Waals surface area contributed by atoms with Gasteiger partial charge in [0.05, 0.1) is 16.4 Å². The number of benzene rings is 1. The van der Waals surface area contributed by atoms with Crippen LogP contribution in [0.1, 0.15) is 33.6 Å². The zero-order valence-electron chi connectivity index (χ0n) is 10.3. The molecule has 0 saturated heterocycles. The predicted octanol–water partition coefficient (Wildman–Crippen LogP) is 4.16. The Kier molecular flexibility index (Phi) is 4.94. The van der Waals surface area contributed by atoms with Crippen LogP contribution in [0.25, 0.3) is 0 Å². The highest BCUT2D eigenvalue weighted by Crippen LogP contribution is 2.27. The second-order valence-electron chi connectivity index (χ2n) is 4.72. The Labute approximate surface area is 103 Å². The number of anilines is 2. The summed E-state index contributed by atoms with van der Waals surface area (Å²) in [5, 5.41) is 4.01. The molecule has 3 N–H and O–H groups in total. The second-order valence-corrected chi connectivity index (χ2v) is 5.12. The van der Waals surface area contributed by atoms with Crippen molar-refractivity contribution < 1.29 is 0 Å². The van der Waals surface area contributed by atoms with Crippen LogP contribution >= 0.6 is 11.6 Å². The second kappa shape index (κ2) is 6.00.